The highest BCUT2D eigenvalue weighted by Crippen LogP contribution is 2.30. The number of aromatic nitrogens is 3. The molecule has 0 saturated carbocycles. The van der Waals surface area contributed by atoms with Crippen LogP contribution in [-0.4, -0.2) is 185 Å². The number of carbonyl (C=O) groups excluding carboxylic acids is 9. The van der Waals surface area contributed by atoms with Crippen molar-refractivity contribution in [2.75, 3.05) is 34.4 Å². The lowest BCUT2D eigenvalue weighted by Crippen LogP contribution is -2.62. The molecule has 11 atom stereocenters. The number of rotatable bonds is 15. The zero-order valence-corrected chi connectivity index (χ0v) is 59.1. The molecule has 1 aromatic heterocycles. The second kappa shape index (κ2) is 34.8. The summed E-state index contributed by atoms with van der Waals surface area (Å²) in [7, 11) is 4.37. The van der Waals surface area contributed by atoms with Crippen molar-refractivity contribution in [2.45, 2.75) is 174 Å². The summed E-state index contributed by atoms with van der Waals surface area (Å²) in [5, 5.41) is 48.3. The molecule has 0 spiro atoms. The molecule has 540 valence electrons. The minimum Gasteiger partial charge on any atom is -0.490 e. The molecule has 101 heavy (non-hydrogen) atoms. The quantitative estimate of drug-likeness (QED) is 0.0519. The third-order valence-corrected chi connectivity index (χ3v) is 18.1. The zero-order valence-electron chi connectivity index (χ0n) is 59.1. The van der Waals surface area contributed by atoms with Crippen LogP contribution in [0, 0.1) is 10.8 Å². The Kier molecular flexibility index (Phi) is 26.4. The van der Waals surface area contributed by atoms with Crippen molar-refractivity contribution in [3.8, 4) is 5.75 Å². The summed E-state index contributed by atoms with van der Waals surface area (Å²) in [5.74, 6) is -7.22. The van der Waals surface area contributed by atoms with Gasteiger partial charge in [-0.3, -0.25) is 43.0 Å². The molecule has 10 N–H and O–H groups in total. The molecule has 1 saturated heterocycles. The number of nitrogens with zero attached hydrogens (tertiary/aromatic N) is 4. The van der Waals surface area contributed by atoms with E-state index in [1.165, 1.54) is 15.8 Å². The molecular formula is C74H95N13O14. The van der Waals surface area contributed by atoms with Crippen LogP contribution in [-0.2, 0) is 89.8 Å². The first-order chi connectivity index (χ1) is 48.0. The number of carboxylic acid groups (broad SMARTS) is 1. The van der Waals surface area contributed by atoms with Gasteiger partial charge in [0.25, 0.3) is 0 Å². The predicted octanol–water partition coefficient (Wildman–Crippen LogP) is 3.49. The lowest BCUT2D eigenvalue weighted by Gasteiger charge is -2.37. The first-order valence-electron chi connectivity index (χ1n) is 33.9. The van der Waals surface area contributed by atoms with Crippen molar-refractivity contribution in [2.24, 2.45) is 10.8 Å². The van der Waals surface area contributed by atoms with E-state index < -0.39 is 137 Å². The number of aryl methyl sites for hydroxylation is 1. The molecule has 0 aliphatic carbocycles. The van der Waals surface area contributed by atoms with E-state index in [2.05, 4.69) is 58.2 Å². The molecule has 0 radical (unpaired) electrons. The molecule has 5 aromatic carbocycles. The number of hydrogen-bond donors (Lipinski definition) is 10. The van der Waals surface area contributed by atoms with Crippen molar-refractivity contribution in [3.63, 3.8) is 0 Å². The standard InChI is InChI=1S/C74H95N13O14/c1-43(75-9)63(88)82-61(73(3,4)5)69(94)77-54-22-16-17-35-100-53-29-25-45(26-30-53)38-58(71(96)97)81-67(92)57(40-47-24-28-49-19-13-15-21-51(49)37-47)80-68(93)60-59(32-34-87(60)70(95)62(74(6,7)8)83-64(89)44(2)76-10)101-42-52-41-86(85-84-52)33-31-55(72(98)99-11)78-66(91)56(79-65(54)90)39-46-23-27-48-18-12-14-20-50(48)36-46/h12-21,23-30,36-37,41,43-44,54-62,75-76H,22,31-35,38-40,42H2,1-11H3,(H,77,94)(H,78,91)(H,79,90)(H,80,93)(H,81,92)(H,82,88)(H,83,89)(H,96,97)/b17-16+/t43-,44-,54-,55-,56-,57-,58+,59+,60?,61+,62+/m0/s1. The molecule has 3 aliphatic heterocycles. The maximum Gasteiger partial charge on any atom is 0.328 e. The van der Waals surface area contributed by atoms with Gasteiger partial charge in [-0.1, -0.05) is 156 Å². The van der Waals surface area contributed by atoms with Crippen LogP contribution in [0.1, 0.15) is 97.0 Å². The smallest absolute Gasteiger partial charge is 0.328 e. The normalized spacial score (nSPS) is 21.8. The Hall–Kier alpha value is -10.1. The lowest BCUT2D eigenvalue weighted by atomic mass is 9.85. The predicted molar refractivity (Wildman–Crippen MR) is 377 cm³/mol. The van der Waals surface area contributed by atoms with Crippen LogP contribution in [0.2, 0.25) is 0 Å². The monoisotopic (exact) mass is 1390 g/mol. The van der Waals surface area contributed by atoms with Gasteiger partial charge in [0.15, 0.2) is 0 Å². The average molecular weight is 1390 g/mol. The van der Waals surface area contributed by atoms with E-state index in [9.17, 15) is 43.5 Å². The number of amides is 8. The van der Waals surface area contributed by atoms with Gasteiger partial charge in [-0.2, -0.15) is 0 Å². The Balaban J connectivity index is 1.15. The number of fused-ring (bicyclic) bond motifs is 23. The van der Waals surface area contributed by atoms with Gasteiger partial charge in [-0.05, 0) is 108 Å². The number of hydrogen-bond acceptors (Lipinski definition) is 17. The molecule has 27 nitrogen and oxygen atoms in total. The number of aliphatic carboxylic acids is 1. The van der Waals surface area contributed by atoms with Crippen LogP contribution in [0.5, 0.6) is 5.75 Å². The number of methoxy groups -OCH3 is 1. The Bertz CT molecular complexity index is 3980. The lowest BCUT2D eigenvalue weighted by molar-refractivity contribution is -0.147. The van der Waals surface area contributed by atoms with Crippen molar-refractivity contribution in [1.82, 2.24) is 67.7 Å². The minimum atomic E-state index is -1.51. The molecule has 3 aliphatic rings. The molecule has 1 unspecified atom stereocenters. The Morgan fingerprint density at radius 2 is 1.19 bits per heavy atom. The third-order valence-electron chi connectivity index (χ3n) is 18.1. The van der Waals surface area contributed by atoms with E-state index in [1.54, 1.807) is 112 Å². The van der Waals surface area contributed by atoms with Gasteiger partial charge < -0.3 is 72.1 Å². The van der Waals surface area contributed by atoms with Gasteiger partial charge in [-0.25, -0.2) is 9.59 Å². The van der Waals surface area contributed by atoms with Crippen molar-refractivity contribution >= 4 is 80.7 Å². The van der Waals surface area contributed by atoms with Crippen LogP contribution < -0.4 is 52.6 Å². The van der Waals surface area contributed by atoms with Gasteiger partial charge in [-0.15, -0.1) is 5.10 Å². The number of ether oxygens (including phenoxy) is 3. The van der Waals surface area contributed by atoms with E-state index >= 15 is 9.59 Å². The fourth-order valence-electron chi connectivity index (χ4n) is 11.9. The Morgan fingerprint density at radius 3 is 1.73 bits per heavy atom. The third kappa shape index (κ3) is 21.0. The summed E-state index contributed by atoms with van der Waals surface area (Å²) < 4.78 is 19.2. The van der Waals surface area contributed by atoms with Gasteiger partial charge >= 0.3 is 11.9 Å². The molecule has 4 bridgehead atoms. The minimum absolute atomic E-state index is 0.0261. The van der Waals surface area contributed by atoms with Crippen LogP contribution in [0.3, 0.4) is 0 Å². The second-order valence-corrected chi connectivity index (χ2v) is 27.8. The second-order valence-electron chi connectivity index (χ2n) is 27.8. The van der Waals surface area contributed by atoms with Gasteiger partial charge in [0.1, 0.15) is 66.4 Å². The van der Waals surface area contributed by atoms with Gasteiger partial charge in [0, 0.05) is 32.4 Å². The average Bonchev–Trinajstić information content (AvgIpc) is 1.68. The van der Waals surface area contributed by atoms with E-state index in [1.807, 2.05) is 78.9 Å². The topological polar surface area (TPSA) is 361 Å². The fourth-order valence-corrected chi connectivity index (χ4v) is 11.9. The summed E-state index contributed by atoms with van der Waals surface area (Å²) in [6.45, 7) is 13.5. The van der Waals surface area contributed by atoms with Crippen LogP contribution in [0.15, 0.2) is 128 Å². The first kappa shape index (κ1) is 76.6. The summed E-state index contributed by atoms with van der Waals surface area (Å²) in [5.41, 5.74) is 0.278. The maximum atomic E-state index is 15.3. The van der Waals surface area contributed by atoms with Crippen molar-refractivity contribution in [3.05, 3.63) is 150 Å². The highest BCUT2D eigenvalue weighted by molar-refractivity contribution is 5.98. The van der Waals surface area contributed by atoms with E-state index in [4.69, 9.17) is 14.2 Å². The maximum absolute atomic E-state index is 15.3. The molecule has 27 heteroatoms. The van der Waals surface area contributed by atoms with Gasteiger partial charge in [0.2, 0.25) is 47.3 Å². The van der Waals surface area contributed by atoms with E-state index in [-0.39, 0.29) is 70.5 Å². The molecule has 6 aromatic rings. The largest absolute Gasteiger partial charge is 0.490 e. The number of carboxylic acids is 1. The molecular weight excluding hydrogens is 1290 g/mol. The number of carbonyl (C=O) groups is 10. The summed E-state index contributed by atoms with van der Waals surface area (Å²) in [4.78, 5) is 145. The SMILES string of the molecule is CN[C@@H](C)C(=O)N[C@H](C(=O)N[C@H]1C/C=C/COc2ccc(cc2)C[C@H](C(=O)O)NC(=O)[C@H](Cc2ccc3ccccc3c2)NC(=O)C2[C@@H](CCN2C(=O)[C@@H](NC(=O)[C@H](C)NC)C(C)(C)C)OCc2cn(nn2)CC[C@@H](C(=O)OC)NC(=O)[C@H](Cc2ccc3ccccc3c2)NC1=O)C(C)(C)C. The summed E-state index contributed by atoms with van der Waals surface area (Å²) >= 11 is 0. The molecule has 9 rings (SSSR count). The number of likely N-dealkylation sites (tertiary alicyclic amines) is 1. The molecule has 8 amide bonds. The number of benzene rings is 5. The number of esters is 1. The zero-order chi connectivity index (χ0) is 73.3. The summed E-state index contributed by atoms with van der Waals surface area (Å²) in [6, 6.07) is 20.7. The van der Waals surface area contributed by atoms with E-state index in [0.29, 0.717) is 22.4 Å². The summed E-state index contributed by atoms with van der Waals surface area (Å²) in [6.07, 6.45) is 3.17. The van der Waals surface area contributed by atoms with E-state index in [0.717, 1.165) is 28.7 Å². The fraction of sp³-hybridized carbons (Fsp3) is 0.459. The van der Waals surface area contributed by atoms with Crippen LogP contribution in [0.25, 0.3) is 21.5 Å². The Labute approximate surface area is 587 Å². The highest BCUT2D eigenvalue weighted by Gasteiger charge is 2.48. The molecule has 1 fully saturated rings. The van der Waals surface area contributed by atoms with Crippen molar-refractivity contribution < 1.29 is 67.3 Å². The van der Waals surface area contributed by atoms with Crippen LogP contribution in [0.4, 0.5) is 0 Å². The number of nitrogens with one attached hydrogen (secondary N) is 9. The van der Waals surface area contributed by atoms with Crippen molar-refractivity contribution in [1.29, 1.82) is 0 Å². The molecule has 4 heterocycles. The highest BCUT2D eigenvalue weighted by atomic mass is 16.5. The Morgan fingerprint density at radius 1 is 0.644 bits per heavy atom. The number of likely N-dealkylation sites (N-methyl/N-ethyl adjacent to an activating group) is 2. The van der Waals surface area contributed by atoms with Gasteiger partial charge in [0.05, 0.1) is 38.1 Å². The van der Waals surface area contributed by atoms with Crippen LogP contribution >= 0.6 is 0 Å². The first-order valence-corrected chi connectivity index (χ1v) is 33.9.